The number of methoxy groups -OCH3 is 1. The molecule has 0 atom stereocenters. The normalized spacial score (nSPS) is 26.9. The zero-order valence-corrected chi connectivity index (χ0v) is 13.2. The molecule has 0 heterocycles. The molecule has 0 aromatic carbocycles. The summed E-state index contributed by atoms with van der Waals surface area (Å²) < 4.78 is 10.5. The number of rotatable bonds is 9. The molecule has 0 amide bonds. The van der Waals surface area contributed by atoms with Crippen LogP contribution in [0.2, 0.25) is 0 Å². The molecule has 0 unspecified atom stereocenters. The minimum Gasteiger partial charge on any atom is -0.481 e. The summed E-state index contributed by atoms with van der Waals surface area (Å²) in [5, 5.41) is 9.58. The number of carbonyl (C=O) groups is 1. The van der Waals surface area contributed by atoms with Crippen LogP contribution in [0.3, 0.4) is 0 Å². The molecule has 0 aromatic heterocycles. The lowest BCUT2D eigenvalue weighted by molar-refractivity contribution is -0.153. The quantitative estimate of drug-likeness (QED) is 0.660. The molecule has 0 spiro atoms. The predicted molar refractivity (Wildman–Crippen MR) is 78.8 cm³/mol. The van der Waals surface area contributed by atoms with Gasteiger partial charge in [0.15, 0.2) is 0 Å². The number of hydrogen-bond donors (Lipinski definition) is 1. The molecular formula is C16H30O4. The van der Waals surface area contributed by atoms with Gasteiger partial charge in [-0.15, -0.1) is 0 Å². The van der Waals surface area contributed by atoms with Crippen LogP contribution in [0.1, 0.15) is 52.4 Å². The third-order valence-electron chi connectivity index (χ3n) is 4.75. The largest absolute Gasteiger partial charge is 0.481 e. The molecule has 1 N–H and O–H groups in total. The number of aliphatic carboxylic acids is 1. The van der Waals surface area contributed by atoms with Gasteiger partial charge in [0.1, 0.15) is 0 Å². The fraction of sp³-hybridized carbons (Fsp3) is 0.938. The third-order valence-corrected chi connectivity index (χ3v) is 4.75. The summed E-state index contributed by atoms with van der Waals surface area (Å²) in [6, 6.07) is 0. The van der Waals surface area contributed by atoms with E-state index in [0.717, 1.165) is 32.1 Å². The fourth-order valence-electron chi connectivity index (χ4n) is 3.11. The van der Waals surface area contributed by atoms with Crippen molar-refractivity contribution in [1.82, 2.24) is 0 Å². The molecule has 4 heteroatoms. The molecule has 1 saturated carbocycles. The molecule has 0 bridgehead atoms. The smallest absolute Gasteiger partial charge is 0.309 e. The van der Waals surface area contributed by atoms with Crippen molar-refractivity contribution >= 4 is 5.97 Å². The summed E-state index contributed by atoms with van der Waals surface area (Å²) in [5.74, 6) is 0.706. The van der Waals surface area contributed by atoms with Crippen LogP contribution in [0.25, 0.3) is 0 Å². The maximum atomic E-state index is 11.6. The molecular weight excluding hydrogens is 256 g/mol. The number of hydrogen-bond acceptors (Lipinski definition) is 3. The summed E-state index contributed by atoms with van der Waals surface area (Å²) in [6.45, 7) is 6.36. The van der Waals surface area contributed by atoms with Gasteiger partial charge in [0.25, 0.3) is 0 Å². The second-order valence-corrected chi connectivity index (χ2v) is 6.38. The van der Waals surface area contributed by atoms with Crippen molar-refractivity contribution in [2.75, 3.05) is 26.9 Å². The van der Waals surface area contributed by atoms with E-state index in [0.29, 0.717) is 38.1 Å². The first kappa shape index (κ1) is 17.4. The zero-order chi connectivity index (χ0) is 15.0. The predicted octanol–water partition coefficient (Wildman–Crippen LogP) is 3.35. The van der Waals surface area contributed by atoms with Crippen molar-refractivity contribution in [2.24, 2.45) is 17.3 Å². The Labute approximate surface area is 122 Å². The Morgan fingerprint density at radius 2 is 1.90 bits per heavy atom. The van der Waals surface area contributed by atoms with Gasteiger partial charge >= 0.3 is 5.97 Å². The van der Waals surface area contributed by atoms with Crippen molar-refractivity contribution in [2.45, 2.75) is 52.4 Å². The second kappa shape index (κ2) is 8.63. The second-order valence-electron chi connectivity index (χ2n) is 6.38. The highest BCUT2D eigenvalue weighted by Crippen LogP contribution is 2.43. The topological polar surface area (TPSA) is 55.8 Å². The van der Waals surface area contributed by atoms with Crippen molar-refractivity contribution in [3.05, 3.63) is 0 Å². The van der Waals surface area contributed by atoms with E-state index in [1.807, 2.05) is 0 Å². The van der Waals surface area contributed by atoms with Gasteiger partial charge in [-0.25, -0.2) is 0 Å². The molecule has 4 nitrogen and oxygen atoms in total. The molecule has 0 aliphatic heterocycles. The van der Waals surface area contributed by atoms with Gasteiger partial charge in [-0.3, -0.25) is 4.79 Å². The lowest BCUT2D eigenvalue weighted by atomic mass is 9.66. The Bertz CT molecular complexity index is 280. The van der Waals surface area contributed by atoms with Crippen LogP contribution < -0.4 is 0 Å². The maximum absolute atomic E-state index is 11.6. The Morgan fingerprint density at radius 1 is 1.25 bits per heavy atom. The summed E-state index contributed by atoms with van der Waals surface area (Å²) in [5.41, 5.74) is -0.549. The number of carboxylic acid groups (broad SMARTS) is 1. The minimum absolute atomic E-state index is 0.544. The summed E-state index contributed by atoms with van der Waals surface area (Å²) in [4.78, 5) is 11.6. The van der Waals surface area contributed by atoms with Gasteiger partial charge in [0.2, 0.25) is 0 Å². The lowest BCUT2D eigenvalue weighted by Crippen LogP contribution is -2.37. The van der Waals surface area contributed by atoms with Crippen molar-refractivity contribution in [1.29, 1.82) is 0 Å². The molecule has 1 rings (SSSR count). The number of carboxylic acids is 1. The summed E-state index contributed by atoms with van der Waals surface area (Å²) >= 11 is 0. The number of ether oxygens (including phenoxy) is 2. The SMILES string of the molecule is COCCCOCCC1(C(=O)O)CCC(C(C)C)CC1. The lowest BCUT2D eigenvalue weighted by Gasteiger charge is -2.38. The van der Waals surface area contributed by atoms with Crippen molar-refractivity contribution < 1.29 is 19.4 Å². The van der Waals surface area contributed by atoms with E-state index >= 15 is 0 Å². The van der Waals surface area contributed by atoms with Crippen molar-refractivity contribution in [3.8, 4) is 0 Å². The first-order valence-electron chi connectivity index (χ1n) is 7.82. The van der Waals surface area contributed by atoms with E-state index in [2.05, 4.69) is 13.8 Å². The Kier molecular flexibility index (Phi) is 7.52. The Hall–Kier alpha value is -0.610. The first-order valence-corrected chi connectivity index (χ1v) is 7.82. The van der Waals surface area contributed by atoms with Crippen molar-refractivity contribution in [3.63, 3.8) is 0 Å². The van der Waals surface area contributed by atoms with Gasteiger partial charge in [-0.2, -0.15) is 0 Å². The molecule has 0 radical (unpaired) electrons. The highest BCUT2D eigenvalue weighted by molar-refractivity contribution is 5.74. The zero-order valence-electron chi connectivity index (χ0n) is 13.2. The average Bonchev–Trinajstić information content (AvgIpc) is 2.43. The molecule has 1 aliphatic rings. The van der Waals surface area contributed by atoms with E-state index < -0.39 is 11.4 Å². The molecule has 118 valence electrons. The molecule has 0 aromatic rings. The summed E-state index contributed by atoms with van der Waals surface area (Å²) in [6.07, 6.45) is 5.17. The Balaban J connectivity index is 2.35. The van der Waals surface area contributed by atoms with Crippen LogP contribution in [-0.2, 0) is 14.3 Å². The summed E-state index contributed by atoms with van der Waals surface area (Å²) in [7, 11) is 1.67. The molecule has 1 fully saturated rings. The Morgan fingerprint density at radius 3 is 2.40 bits per heavy atom. The molecule has 1 aliphatic carbocycles. The van der Waals surface area contributed by atoms with Gasteiger partial charge in [0.05, 0.1) is 5.41 Å². The van der Waals surface area contributed by atoms with E-state index in [4.69, 9.17) is 9.47 Å². The standard InChI is InChI=1S/C16H30O4/c1-13(2)14-5-7-16(8-6-14,15(17)18)9-12-20-11-4-10-19-3/h13-14H,4-12H2,1-3H3,(H,17,18). The highest BCUT2D eigenvalue weighted by Gasteiger charge is 2.41. The van der Waals surface area contributed by atoms with Gasteiger partial charge in [-0.05, 0) is 50.4 Å². The van der Waals surface area contributed by atoms with E-state index in [9.17, 15) is 9.90 Å². The van der Waals surface area contributed by atoms with Crippen LogP contribution in [0, 0.1) is 17.3 Å². The van der Waals surface area contributed by atoms with E-state index in [1.54, 1.807) is 7.11 Å². The maximum Gasteiger partial charge on any atom is 0.309 e. The van der Waals surface area contributed by atoms with E-state index in [-0.39, 0.29) is 0 Å². The minimum atomic E-state index is -0.639. The van der Waals surface area contributed by atoms with Crippen LogP contribution in [0.15, 0.2) is 0 Å². The monoisotopic (exact) mass is 286 g/mol. The van der Waals surface area contributed by atoms with Gasteiger partial charge in [-0.1, -0.05) is 13.8 Å². The van der Waals surface area contributed by atoms with E-state index in [1.165, 1.54) is 0 Å². The van der Waals surface area contributed by atoms with Crippen LogP contribution in [-0.4, -0.2) is 38.0 Å². The van der Waals surface area contributed by atoms with Crippen LogP contribution >= 0.6 is 0 Å². The third kappa shape index (κ3) is 5.06. The van der Waals surface area contributed by atoms with Gasteiger partial charge < -0.3 is 14.6 Å². The van der Waals surface area contributed by atoms with Crippen LogP contribution in [0.4, 0.5) is 0 Å². The first-order chi connectivity index (χ1) is 9.52. The fourth-order valence-corrected chi connectivity index (χ4v) is 3.11. The molecule has 20 heavy (non-hydrogen) atoms. The average molecular weight is 286 g/mol. The van der Waals surface area contributed by atoms with Gasteiger partial charge in [0, 0.05) is 26.9 Å². The molecule has 0 saturated heterocycles. The highest BCUT2D eigenvalue weighted by atomic mass is 16.5. The van der Waals surface area contributed by atoms with Crippen LogP contribution in [0.5, 0.6) is 0 Å².